The SMILES string of the molecule is Cc1ncc([C@@H](C)Nc2ccc3c(c2)OCCO3)c(C)n1. The number of hydrogen-bond acceptors (Lipinski definition) is 5. The third-order valence-corrected chi connectivity index (χ3v) is 3.53. The van der Waals surface area contributed by atoms with Crippen LogP contribution in [0, 0.1) is 13.8 Å². The first kappa shape index (κ1) is 13.7. The fraction of sp³-hybridized carbons (Fsp3) is 0.375. The highest BCUT2D eigenvalue weighted by Gasteiger charge is 2.14. The molecule has 0 aliphatic carbocycles. The first-order valence-electron chi connectivity index (χ1n) is 7.10. The normalized spacial score (nSPS) is 14.6. The molecule has 0 bridgehead atoms. The van der Waals surface area contributed by atoms with Crippen LogP contribution >= 0.6 is 0 Å². The molecule has 3 rings (SSSR count). The van der Waals surface area contributed by atoms with Gasteiger partial charge >= 0.3 is 0 Å². The van der Waals surface area contributed by atoms with Crippen molar-refractivity contribution >= 4 is 5.69 Å². The Kier molecular flexibility index (Phi) is 3.64. The van der Waals surface area contributed by atoms with E-state index in [1.165, 1.54) is 0 Å². The van der Waals surface area contributed by atoms with E-state index in [2.05, 4.69) is 22.2 Å². The van der Waals surface area contributed by atoms with Gasteiger partial charge in [-0.3, -0.25) is 0 Å². The highest BCUT2D eigenvalue weighted by Crippen LogP contribution is 2.33. The van der Waals surface area contributed by atoms with Gasteiger partial charge in [0.1, 0.15) is 19.0 Å². The van der Waals surface area contributed by atoms with Crippen LogP contribution in [0.1, 0.15) is 30.0 Å². The summed E-state index contributed by atoms with van der Waals surface area (Å²) in [6.07, 6.45) is 1.88. The van der Waals surface area contributed by atoms with E-state index in [0.29, 0.717) is 13.2 Å². The third kappa shape index (κ3) is 2.91. The van der Waals surface area contributed by atoms with Crippen LogP contribution in [-0.4, -0.2) is 23.2 Å². The molecule has 1 aliphatic heterocycles. The Morgan fingerprint density at radius 1 is 1.14 bits per heavy atom. The van der Waals surface area contributed by atoms with Crippen molar-refractivity contribution in [1.82, 2.24) is 9.97 Å². The molecule has 2 aromatic rings. The van der Waals surface area contributed by atoms with Crippen LogP contribution in [-0.2, 0) is 0 Å². The second kappa shape index (κ2) is 5.60. The highest BCUT2D eigenvalue weighted by atomic mass is 16.6. The van der Waals surface area contributed by atoms with E-state index in [0.717, 1.165) is 34.3 Å². The Morgan fingerprint density at radius 3 is 2.67 bits per heavy atom. The van der Waals surface area contributed by atoms with Crippen LogP contribution in [0.25, 0.3) is 0 Å². The van der Waals surface area contributed by atoms with Crippen molar-refractivity contribution in [1.29, 1.82) is 0 Å². The van der Waals surface area contributed by atoms with Gasteiger partial charge < -0.3 is 14.8 Å². The van der Waals surface area contributed by atoms with Gasteiger partial charge in [-0.2, -0.15) is 0 Å². The summed E-state index contributed by atoms with van der Waals surface area (Å²) in [7, 11) is 0. The van der Waals surface area contributed by atoms with E-state index < -0.39 is 0 Å². The maximum absolute atomic E-state index is 5.60. The molecule has 1 atom stereocenters. The number of aromatic nitrogens is 2. The lowest BCUT2D eigenvalue weighted by Crippen LogP contribution is -2.16. The molecule has 2 heterocycles. The van der Waals surface area contributed by atoms with E-state index in [1.807, 2.05) is 38.2 Å². The van der Waals surface area contributed by atoms with E-state index in [1.54, 1.807) is 0 Å². The molecule has 0 fully saturated rings. The Bertz CT molecular complexity index is 658. The van der Waals surface area contributed by atoms with Crippen LogP contribution < -0.4 is 14.8 Å². The van der Waals surface area contributed by atoms with Gasteiger partial charge in [-0.15, -0.1) is 0 Å². The summed E-state index contributed by atoms with van der Waals surface area (Å²) in [6, 6.07) is 6.01. The van der Waals surface area contributed by atoms with E-state index in [9.17, 15) is 0 Å². The van der Waals surface area contributed by atoms with Gasteiger partial charge in [0, 0.05) is 29.2 Å². The topological polar surface area (TPSA) is 56.3 Å². The fourth-order valence-corrected chi connectivity index (χ4v) is 2.48. The molecule has 0 spiro atoms. The van der Waals surface area contributed by atoms with E-state index >= 15 is 0 Å². The lowest BCUT2D eigenvalue weighted by Gasteiger charge is -2.21. The monoisotopic (exact) mass is 285 g/mol. The smallest absolute Gasteiger partial charge is 0.163 e. The van der Waals surface area contributed by atoms with E-state index in [4.69, 9.17) is 9.47 Å². The van der Waals surface area contributed by atoms with Gasteiger partial charge in [0.2, 0.25) is 0 Å². The number of rotatable bonds is 3. The Balaban J connectivity index is 1.79. The fourth-order valence-electron chi connectivity index (χ4n) is 2.48. The van der Waals surface area contributed by atoms with Crippen molar-refractivity contribution < 1.29 is 9.47 Å². The molecule has 0 saturated carbocycles. The predicted molar refractivity (Wildman–Crippen MR) is 81.0 cm³/mol. The minimum atomic E-state index is 0.119. The molecule has 1 aromatic heterocycles. The van der Waals surface area contributed by atoms with E-state index in [-0.39, 0.29) is 6.04 Å². The molecule has 21 heavy (non-hydrogen) atoms. The Labute approximate surface area is 124 Å². The van der Waals surface area contributed by atoms with Crippen molar-refractivity contribution in [2.75, 3.05) is 18.5 Å². The summed E-state index contributed by atoms with van der Waals surface area (Å²) in [5.74, 6) is 2.38. The number of fused-ring (bicyclic) bond motifs is 1. The number of aryl methyl sites for hydroxylation is 2. The van der Waals surface area contributed by atoms with Gasteiger partial charge in [-0.25, -0.2) is 9.97 Å². The number of nitrogens with zero attached hydrogens (tertiary/aromatic N) is 2. The summed E-state index contributed by atoms with van der Waals surface area (Å²) in [4.78, 5) is 8.69. The van der Waals surface area contributed by atoms with Crippen molar-refractivity contribution in [3.8, 4) is 11.5 Å². The number of benzene rings is 1. The lowest BCUT2D eigenvalue weighted by molar-refractivity contribution is 0.171. The van der Waals surface area contributed by atoms with Crippen LogP contribution in [0.15, 0.2) is 24.4 Å². The standard InChI is InChI=1S/C16H19N3O2/c1-10-14(9-17-12(3)18-10)11(2)19-13-4-5-15-16(8-13)21-7-6-20-15/h4-5,8-9,11,19H,6-7H2,1-3H3/t11-/m1/s1. The molecule has 0 saturated heterocycles. The van der Waals surface area contributed by atoms with Crippen LogP contribution in [0.2, 0.25) is 0 Å². The minimum absolute atomic E-state index is 0.119. The molecular formula is C16H19N3O2. The van der Waals surface area contributed by atoms with Gasteiger partial charge in [0.25, 0.3) is 0 Å². The summed E-state index contributed by atoms with van der Waals surface area (Å²) in [5.41, 5.74) is 3.09. The van der Waals surface area contributed by atoms with Crippen LogP contribution in [0.5, 0.6) is 11.5 Å². The Hall–Kier alpha value is -2.30. The molecule has 0 radical (unpaired) electrons. The second-order valence-corrected chi connectivity index (χ2v) is 5.18. The van der Waals surface area contributed by atoms with Gasteiger partial charge in [0.05, 0.1) is 6.04 Å². The Morgan fingerprint density at radius 2 is 1.90 bits per heavy atom. The van der Waals surface area contributed by atoms with Crippen molar-refractivity contribution in [2.45, 2.75) is 26.8 Å². The lowest BCUT2D eigenvalue weighted by atomic mass is 10.1. The molecule has 5 nitrogen and oxygen atoms in total. The zero-order chi connectivity index (χ0) is 14.8. The first-order valence-corrected chi connectivity index (χ1v) is 7.10. The minimum Gasteiger partial charge on any atom is -0.486 e. The van der Waals surface area contributed by atoms with Crippen molar-refractivity contribution in [2.24, 2.45) is 0 Å². The largest absolute Gasteiger partial charge is 0.486 e. The van der Waals surface area contributed by atoms with Gasteiger partial charge in [0.15, 0.2) is 11.5 Å². The summed E-state index contributed by atoms with van der Waals surface area (Å²) >= 11 is 0. The number of ether oxygens (including phenoxy) is 2. The second-order valence-electron chi connectivity index (χ2n) is 5.18. The number of hydrogen-bond donors (Lipinski definition) is 1. The number of anilines is 1. The van der Waals surface area contributed by atoms with Crippen LogP contribution in [0.3, 0.4) is 0 Å². The third-order valence-electron chi connectivity index (χ3n) is 3.53. The van der Waals surface area contributed by atoms with Gasteiger partial charge in [-0.05, 0) is 32.9 Å². The number of nitrogens with one attached hydrogen (secondary N) is 1. The first-order chi connectivity index (χ1) is 10.1. The molecule has 1 aliphatic rings. The maximum atomic E-state index is 5.60. The van der Waals surface area contributed by atoms with Gasteiger partial charge in [-0.1, -0.05) is 0 Å². The quantitative estimate of drug-likeness (QED) is 0.939. The predicted octanol–water partition coefficient (Wildman–Crippen LogP) is 3.04. The summed E-state index contributed by atoms with van der Waals surface area (Å²) < 4.78 is 11.1. The summed E-state index contributed by atoms with van der Waals surface area (Å²) in [5, 5.41) is 3.45. The maximum Gasteiger partial charge on any atom is 0.163 e. The summed E-state index contributed by atoms with van der Waals surface area (Å²) in [6.45, 7) is 7.20. The van der Waals surface area contributed by atoms with Crippen molar-refractivity contribution in [3.05, 3.63) is 41.5 Å². The average molecular weight is 285 g/mol. The highest BCUT2D eigenvalue weighted by molar-refractivity contribution is 5.56. The zero-order valence-corrected chi connectivity index (χ0v) is 12.5. The molecular weight excluding hydrogens is 266 g/mol. The molecule has 0 unspecified atom stereocenters. The molecule has 5 heteroatoms. The van der Waals surface area contributed by atoms with Crippen molar-refractivity contribution in [3.63, 3.8) is 0 Å². The molecule has 1 N–H and O–H groups in total. The zero-order valence-electron chi connectivity index (χ0n) is 12.5. The van der Waals surface area contributed by atoms with Crippen LogP contribution in [0.4, 0.5) is 5.69 Å². The molecule has 0 amide bonds. The average Bonchev–Trinajstić information content (AvgIpc) is 2.47. The molecule has 110 valence electrons. The molecule has 1 aromatic carbocycles.